The summed E-state index contributed by atoms with van der Waals surface area (Å²) in [4.78, 5) is 9.40. The molecule has 0 radical (unpaired) electrons. The van der Waals surface area contributed by atoms with E-state index >= 15 is 0 Å². The Morgan fingerprint density at radius 3 is 2.43 bits per heavy atom. The summed E-state index contributed by atoms with van der Waals surface area (Å²) in [6, 6.07) is 22.2. The molecule has 154 valence electrons. The second-order valence-electron chi connectivity index (χ2n) is 8.71. The molecule has 0 spiro atoms. The van der Waals surface area contributed by atoms with Crippen LogP contribution in [0.25, 0.3) is 11.1 Å². The van der Waals surface area contributed by atoms with Crippen molar-refractivity contribution in [2.45, 2.75) is 12.6 Å². The topological polar surface area (TPSA) is 28.6 Å². The number of aromatic nitrogens is 1. The summed E-state index contributed by atoms with van der Waals surface area (Å²) in [7, 11) is 4.00. The van der Waals surface area contributed by atoms with Crippen molar-refractivity contribution in [1.29, 1.82) is 0 Å². The second-order valence-corrected chi connectivity index (χ2v) is 8.71. The van der Waals surface area contributed by atoms with E-state index in [9.17, 15) is 0 Å². The lowest BCUT2D eigenvalue weighted by Gasteiger charge is -2.27. The average Bonchev–Trinajstić information content (AvgIpc) is 3.30. The van der Waals surface area contributed by atoms with Gasteiger partial charge in [0.2, 0.25) is 0 Å². The van der Waals surface area contributed by atoms with Crippen LogP contribution in [0.5, 0.6) is 5.75 Å². The third-order valence-electron chi connectivity index (χ3n) is 6.78. The molecule has 4 heteroatoms. The zero-order valence-electron chi connectivity index (χ0n) is 17.7. The van der Waals surface area contributed by atoms with Crippen LogP contribution >= 0.6 is 0 Å². The normalized spacial score (nSPS) is 24.1. The predicted molar refractivity (Wildman–Crippen MR) is 120 cm³/mol. The first-order valence-electron chi connectivity index (χ1n) is 10.8. The molecule has 4 nitrogen and oxygen atoms in total. The van der Waals surface area contributed by atoms with Crippen molar-refractivity contribution in [3.63, 3.8) is 0 Å². The molecule has 2 aliphatic heterocycles. The molecule has 2 saturated heterocycles. The fourth-order valence-electron chi connectivity index (χ4n) is 5.38. The Kier molecular flexibility index (Phi) is 5.28. The van der Waals surface area contributed by atoms with Crippen molar-refractivity contribution in [3.05, 3.63) is 84.2 Å². The van der Waals surface area contributed by atoms with E-state index in [2.05, 4.69) is 76.4 Å². The van der Waals surface area contributed by atoms with Crippen LogP contribution in [0.2, 0.25) is 0 Å². The number of nitrogens with zero attached hydrogens (tertiary/aromatic N) is 3. The molecule has 3 atom stereocenters. The highest BCUT2D eigenvalue weighted by molar-refractivity contribution is 5.62. The Morgan fingerprint density at radius 1 is 0.933 bits per heavy atom. The molecule has 2 aromatic carbocycles. The summed E-state index contributed by atoms with van der Waals surface area (Å²) in [5, 5.41) is 0. The van der Waals surface area contributed by atoms with Crippen LogP contribution < -0.4 is 4.74 Å². The predicted octanol–water partition coefficient (Wildman–Crippen LogP) is 4.49. The van der Waals surface area contributed by atoms with E-state index in [4.69, 9.17) is 4.74 Å². The van der Waals surface area contributed by atoms with Crippen LogP contribution in [-0.4, -0.2) is 48.6 Å². The van der Waals surface area contributed by atoms with Crippen LogP contribution in [0.4, 0.5) is 0 Å². The van der Waals surface area contributed by atoms with E-state index in [1.165, 1.54) is 35.3 Å². The second kappa shape index (κ2) is 8.21. The van der Waals surface area contributed by atoms with Crippen molar-refractivity contribution in [2.24, 2.45) is 11.8 Å². The molecule has 1 aromatic heterocycles. The Bertz CT molecular complexity index is 971. The van der Waals surface area contributed by atoms with Gasteiger partial charge in [-0.1, -0.05) is 42.5 Å². The number of likely N-dealkylation sites (tertiary alicyclic amines) is 2. The minimum Gasteiger partial charge on any atom is -0.497 e. The van der Waals surface area contributed by atoms with Gasteiger partial charge in [0.25, 0.3) is 0 Å². The minimum atomic E-state index is 0.499. The van der Waals surface area contributed by atoms with E-state index < -0.39 is 0 Å². The number of hydrogen-bond acceptors (Lipinski definition) is 4. The maximum Gasteiger partial charge on any atom is 0.118 e. The highest BCUT2D eigenvalue weighted by Gasteiger charge is 2.45. The van der Waals surface area contributed by atoms with Crippen molar-refractivity contribution in [3.8, 4) is 16.9 Å². The fraction of sp³-hybridized carbons (Fsp3) is 0.346. The third-order valence-corrected chi connectivity index (χ3v) is 6.78. The Balaban J connectivity index is 1.26. The van der Waals surface area contributed by atoms with E-state index in [-0.39, 0.29) is 0 Å². The number of pyridine rings is 1. The summed E-state index contributed by atoms with van der Waals surface area (Å²) < 4.78 is 5.34. The number of hydrogen-bond donors (Lipinski definition) is 0. The van der Waals surface area contributed by atoms with Gasteiger partial charge in [0.15, 0.2) is 0 Å². The van der Waals surface area contributed by atoms with Gasteiger partial charge in [-0.3, -0.25) is 14.8 Å². The van der Waals surface area contributed by atoms with Gasteiger partial charge < -0.3 is 4.74 Å². The zero-order chi connectivity index (χ0) is 20.5. The smallest absolute Gasteiger partial charge is 0.118 e. The van der Waals surface area contributed by atoms with E-state index in [1.54, 1.807) is 7.11 Å². The van der Waals surface area contributed by atoms with E-state index in [0.29, 0.717) is 12.0 Å². The van der Waals surface area contributed by atoms with Gasteiger partial charge in [-0.15, -0.1) is 0 Å². The number of benzene rings is 2. The van der Waals surface area contributed by atoms with Gasteiger partial charge in [0.05, 0.1) is 7.11 Å². The van der Waals surface area contributed by atoms with Crippen molar-refractivity contribution in [1.82, 2.24) is 14.8 Å². The number of methoxy groups -OCH3 is 1. The van der Waals surface area contributed by atoms with Crippen LogP contribution in [0.3, 0.4) is 0 Å². The van der Waals surface area contributed by atoms with Crippen LogP contribution in [0.1, 0.15) is 17.2 Å². The summed E-state index contributed by atoms with van der Waals surface area (Å²) >= 11 is 0. The SMILES string of the molecule is COc1ccc([C@H]2[C@@H]3CN(Cc4ccc(-c5cccnc5)cc4)C[C@@H]3CN2C)cc1. The van der Waals surface area contributed by atoms with Crippen molar-refractivity contribution < 1.29 is 4.74 Å². The molecule has 3 aromatic rings. The van der Waals surface area contributed by atoms with Crippen molar-refractivity contribution in [2.75, 3.05) is 33.8 Å². The molecule has 0 N–H and O–H groups in total. The highest BCUT2D eigenvalue weighted by Crippen LogP contribution is 2.44. The maximum absolute atomic E-state index is 5.34. The molecule has 0 saturated carbocycles. The largest absolute Gasteiger partial charge is 0.497 e. The Labute approximate surface area is 179 Å². The van der Waals surface area contributed by atoms with Crippen LogP contribution in [0.15, 0.2) is 73.1 Å². The lowest BCUT2D eigenvalue weighted by Crippen LogP contribution is -2.28. The Morgan fingerprint density at radius 2 is 1.73 bits per heavy atom. The number of fused-ring (bicyclic) bond motifs is 1. The standard InChI is InChI=1S/C26H29N3O/c1-28-16-23-17-29(18-25(23)26(28)21-9-11-24(30-2)12-10-21)15-19-5-7-20(8-6-19)22-4-3-13-27-14-22/h3-14,23,25-26H,15-18H2,1-2H3/t23-,25+,26-/m0/s1. The highest BCUT2D eigenvalue weighted by atomic mass is 16.5. The molecule has 2 fully saturated rings. The van der Waals surface area contributed by atoms with Gasteiger partial charge >= 0.3 is 0 Å². The van der Waals surface area contributed by atoms with Gasteiger partial charge in [-0.2, -0.15) is 0 Å². The van der Waals surface area contributed by atoms with Gasteiger partial charge in [-0.25, -0.2) is 0 Å². The van der Waals surface area contributed by atoms with Crippen LogP contribution in [0, 0.1) is 11.8 Å². The summed E-state index contributed by atoms with van der Waals surface area (Å²) in [5.41, 5.74) is 5.20. The van der Waals surface area contributed by atoms with Gasteiger partial charge in [0.1, 0.15) is 5.75 Å². The van der Waals surface area contributed by atoms with E-state index in [1.807, 2.05) is 18.5 Å². The summed E-state index contributed by atoms with van der Waals surface area (Å²) in [6.07, 6.45) is 3.74. The molecule has 0 bridgehead atoms. The quantitative estimate of drug-likeness (QED) is 0.632. The number of ether oxygens (including phenoxy) is 1. The maximum atomic E-state index is 5.34. The molecule has 0 amide bonds. The lowest BCUT2D eigenvalue weighted by molar-refractivity contribution is 0.224. The molecule has 0 aliphatic carbocycles. The lowest BCUT2D eigenvalue weighted by atomic mass is 9.89. The monoisotopic (exact) mass is 399 g/mol. The number of rotatable bonds is 5. The summed E-state index contributed by atoms with van der Waals surface area (Å²) in [6.45, 7) is 4.55. The Hall–Kier alpha value is -2.69. The summed E-state index contributed by atoms with van der Waals surface area (Å²) in [5.74, 6) is 2.37. The molecule has 5 rings (SSSR count). The van der Waals surface area contributed by atoms with Crippen LogP contribution in [-0.2, 0) is 6.54 Å². The molecule has 0 unspecified atom stereocenters. The molecule has 30 heavy (non-hydrogen) atoms. The van der Waals surface area contributed by atoms with E-state index in [0.717, 1.165) is 24.8 Å². The first kappa shape index (κ1) is 19.3. The molecular weight excluding hydrogens is 370 g/mol. The third kappa shape index (κ3) is 3.73. The molecular formula is C26H29N3O. The van der Waals surface area contributed by atoms with Gasteiger partial charge in [0, 0.05) is 44.6 Å². The first-order chi connectivity index (χ1) is 14.7. The average molecular weight is 400 g/mol. The zero-order valence-corrected chi connectivity index (χ0v) is 17.7. The van der Waals surface area contributed by atoms with Crippen molar-refractivity contribution >= 4 is 0 Å². The fourth-order valence-corrected chi connectivity index (χ4v) is 5.38. The molecule has 2 aliphatic rings. The first-order valence-corrected chi connectivity index (χ1v) is 10.8. The van der Waals surface area contributed by atoms with Gasteiger partial charge in [-0.05, 0) is 59.3 Å². The molecule has 3 heterocycles. The minimum absolute atomic E-state index is 0.499.